The molecule has 6 heteroatoms. The van der Waals surface area contributed by atoms with E-state index >= 15 is 0 Å². The summed E-state index contributed by atoms with van der Waals surface area (Å²) in [7, 11) is 0. The second-order valence-corrected chi connectivity index (χ2v) is 6.37. The molecule has 0 aliphatic carbocycles. The van der Waals surface area contributed by atoms with Crippen molar-refractivity contribution in [3.05, 3.63) is 59.7 Å². The van der Waals surface area contributed by atoms with E-state index in [9.17, 15) is 14.0 Å². The molecule has 1 N–H and O–H groups in total. The molecule has 1 aliphatic rings. The summed E-state index contributed by atoms with van der Waals surface area (Å²) in [6, 6.07) is 10.4. The molecule has 2 heterocycles. The third-order valence-electron chi connectivity index (χ3n) is 4.23. The summed E-state index contributed by atoms with van der Waals surface area (Å²) < 4.78 is 13.2. The van der Waals surface area contributed by atoms with Gasteiger partial charge >= 0.3 is 0 Å². The Bertz CT molecular complexity index is 794. The van der Waals surface area contributed by atoms with Gasteiger partial charge in [0.15, 0.2) is 0 Å². The second-order valence-electron chi connectivity index (χ2n) is 6.37. The van der Waals surface area contributed by atoms with Crippen molar-refractivity contribution < 1.29 is 14.0 Å². The molecule has 25 heavy (non-hydrogen) atoms. The zero-order chi connectivity index (χ0) is 17.8. The van der Waals surface area contributed by atoms with Crippen molar-refractivity contribution in [3.63, 3.8) is 0 Å². The summed E-state index contributed by atoms with van der Waals surface area (Å²) >= 11 is 0. The van der Waals surface area contributed by atoms with E-state index in [1.54, 1.807) is 23.1 Å². The molecule has 1 aromatic carbocycles. The van der Waals surface area contributed by atoms with Gasteiger partial charge in [0.05, 0.1) is 0 Å². The number of carbonyl (C=O) groups excluding carboxylic acids is 2. The number of rotatable bonds is 3. The lowest BCUT2D eigenvalue weighted by Gasteiger charge is -2.30. The first-order valence-corrected chi connectivity index (χ1v) is 8.36. The van der Waals surface area contributed by atoms with Gasteiger partial charge in [-0.2, -0.15) is 0 Å². The molecule has 0 saturated carbocycles. The van der Waals surface area contributed by atoms with Crippen LogP contribution in [0.1, 0.15) is 40.7 Å². The van der Waals surface area contributed by atoms with Crippen molar-refractivity contribution in [1.29, 1.82) is 0 Å². The number of hydrogen-bond acceptors (Lipinski definition) is 3. The molecule has 1 aliphatic heterocycles. The van der Waals surface area contributed by atoms with E-state index in [0.29, 0.717) is 24.7 Å². The van der Waals surface area contributed by atoms with Crippen LogP contribution in [-0.2, 0) is 0 Å². The number of pyridine rings is 1. The second kappa shape index (κ2) is 7.42. The minimum Gasteiger partial charge on any atom is -0.337 e. The molecule has 1 fully saturated rings. The molecule has 5 nitrogen and oxygen atoms in total. The number of nitrogens with one attached hydrogen (secondary N) is 1. The van der Waals surface area contributed by atoms with Crippen LogP contribution in [0.5, 0.6) is 0 Å². The van der Waals surface area contributed by atoms with Crippen LogP contribution in [0.2, 0.25) is 0 Å². The lowest BCUT2D eigenvalue weighted by Crippen LogP contribution is -2.39. The Hall–Kier alpha value is -2.76. The van der Waals surface area contributed by atoms with Gasteiger partial charge in [0.2, 0.25) is 0 Å². The van der Waals surface area contributed by atoms with Crippen LogP contribution in [0.4, 0.5) is 10.1 Å². The maximum absolute atomic E-state index is 13.2. The van der Waals surface area contributed by atoms with Crippen LogP contribution in [0, 0.1) is 11.7 Å². The lowest BCUT2D eigenvalue weighted by molar-refractivity contribution is 0.0677. The molecule has 0 bridgehead atoms. The van der Waals surface area contributed by atoms with Gasteiger partial charge in [-0.3, -0.25) is 9.59 Å². The Morgan fingerprint density at radius 2 is 1.96 bits per heavy atom. The average Bonchev–Trinajstić information content (AvgIpc) is 2.61. The van der Waals surface area contributed by atoms with Crippen LogP contribution in [0.3, 0.4) is 0 Å². The molecule has 3 rings (SSSR count). The normalized spacial score (nSPS) is 17.2. The van der Waals surface area contributed by atoms with Gasteiger partial charge < -0.3 is 10.2 Å². The molecular weight excluding hydrogens is 321 g/mol. The van der Waals surface area contributed by atoms with Crippen molar-refractivity contribution in [1.82, 2.24) is 9.88 Å². The molecule has 1 unspecified atom stereocenters. The van der Waals surface area contributed by atoms with Crippen LogP contribution >= 0.6 is 0 Å². The van der Waals surface area contributed by atoms with E-state index in [1.165, 1.54) is 24.3 Å². The molecule has 1 aromatic heterocycles. The first-order valence-electron chi connectivity index (χ1n) is 8.36. The monoisotopic (exact) mass is 341 g/mol. The van der Waals surface area contributed by atoms with Crippen molar-refractivity contribution >= 4 is 17.5 Å². The maximum Gasteiger partial charge on any atom is 0.274 e. The molecule has 1 atom stereocenters. The van der Waals surface area contributed by atoms with Crippen LogP contribution in [0.15, 0.2) is 42.5 Å². The quantitative estimate of drug-likeness (QED) is 0.931. The predicted octanol–water partition coefficient (Wildman–Crippen LogP) is 3.35. The third kappa shape index (κ3) is 4.21. The number of piperidine rings is 1. The molecule has 130 valence electrons. The van der Waals surface area contributed by atoms with E-state index in [2.05, 4.69) is 17.2 Å². The van der Waals surface area contributed by atoms with Gasteiger partial charge in [-0.05, 0) is 49.1 Å². The highest BCUT2D eigenvalue weighted by Crippen LogP contribution is 2.18. The molecule has 2 aromatic rings. The van der Waals surface area contributed by atoms with Gasteiger partial charge in [0.25, 0.3) is 11.8 Å². The number of benzene rings is 1. The molecular formula is C19H20FN3O2. The lowest BCUT2D eigenvalue weighted by atomic mass is 10.00. The zero-order valence-corrected chi connectivity index (χ0v) is 14.0. The van der Waals surface area contributed by atoms with E-state index in [1.807, 2.05) is 0 Å². The van der Waals surface area contributed by atoms with Crippen molar-refractivity contribution in [3.8, 4) is 0 Å². The summed E-state index contributed by atoms with van der Waals surface area (Å²) in [5.41, 5.74) is 0.717. The average molecular weight is 341 g/mol. The van der Waals surface area contributed by atoms with Gasteiger partial charge in [0.1, 0.15) is 17.2 Å². The predicted molar refractivity (Wildman–Crippen MR) is 92.9 cm³/mol. The number of hydrogen-bond donors (Lipinski definition) is 1. The van der Waals surface area contributed by atoms with Crippen molar-refractivity contribution in [2.45, 2.75) is 19.8 Å². The largest absolute Gasteiger partial charge is 0.337 e. The minimum absolute atomic E-state index is 0.125. The van der Waals surface area contributed by atoms with Crippen molar-refractivity contribution in [2.24, 2.45) is 5.92 Å². The van der Waals surface area contributed by atoms with Gasteiger partial charge in [-0.25, -0.2) is 9.37 Å². The Morgan fingerprint density at radius 3 is 2.72 bits per heavy atom. The summed E-state index contributed by atoms with van der Waals surface area (Å²) in [6.07, 6.45) is 2.10. The number of nitrogens with zero attached hydrogens (tertiary/aromatic N) is 2. The highest BCUT2D eigenvalue weighted by atomic mass is 19.1. The Balaban J connectivity index is 1.74. The number of halogens is 1. The van der Waals surface area contributed by atoms with Crippen molar-refractivity contribution in [2.75, 3.05) is 18.4 Å². The zero-order valence-electron chi connectivity index (χ0n) is 14.0. The Labute approximate surface area is 145 Å². The topological polar surface area (TPSA) is 62.3 Å². The first-order chi connectivity index (χ1) is 12.0. The SMILES string of the molecule is CC1CCCN(C(=O)c2cccc(C(=O)Nc3cccc(F)c3)n2)C1. The minimum atomic E-state index is -0.479. The molecule has 1 saturated heterocycles. The summed E-state index contributed by atoms with van der Waals surface area (Å²) in [5.74, 6) is -0.606. The fourth-order valence-corrected chi connectivity index (χ4v) is 2.98. The number of aromatic nitrogens is 1. The van der Waals surface area contributed by atoms with Crippen LogP contribution < -0.4 is 5.32 Å². The first kappa shape index (κ1) is 17.1. The van der Waals surface area contributed by atoms with E-state index < -0.39 is 11.7 Å². The molecule has 0 radical (unpaired) electrons. The standard InChI is InChI=1S/C19H20FN3O2/c1-13-5-4-10-23(12-13)19(25)17-9-3-8-16(22-17)18(24)21-15-7-2-6-14(20)11-15/h2-3,6-9,11,13H,4-5,10,12H2,1H3,(H,21,24). The highest BCUT2D eigenvalue weighted by Gasteiger charge is 2.23. The molecule has 0 spiro atoms. The highest BCUT2D eigenvalue weighted by molar-refractivity contribution is 6.03. The molecule has 2 amide bonds. The van der Waals surface area contributed by atoms with E-state index in [4.69, 9.17) is 0 Å². The summed E-state index contributed by atoms with van der Waals surface area (Å²) in [6.45, 7) is 3.54. The maximum atomic E-state index is 13.2. The smallest absolute Gasteiger partial charge is 0.274 e. The number of amides is 2. The number of anilines is 1. The fraction of sp³-hybridized carbons (Fsp3) is 0.316. The van der Waals surface area contributed by atoms with Gasteiger partial charge in [0, 0.05) is 18.8 Å². The third-order valence-corrected chi connectivity index (χ3v) is 4.23. The van der Waals surface area contributed by atoms with E-state index in [0.717, 1.165) is 12.8 Å². The summed E-state index contributed by atoms with van der Waals surface area (Å²) in [5, 5.41) is 2.59. The van der Waals surface area contributed by atoms with Gasteiger partial charge in [-0.1, -0.05) is 19.1 Å². The summed E-state index contributed by atoms with van der Waals surface area (Å²) in [4.78, 5) is 30.9. The Kier molecular flexibility index (Phi) is 5.07. The Morgan fingerprint density at radius 1 is 1.20 bits per heavy atom. The van der Waals surface area contributed by atoms with Crippen LogP contribution in [-0.4, -0.2) is 34.8 Å². The number of carbonyl (C=O) groups is 2. The number of likely N-dealkylation sites (tertiary alicyclic amines) is 1. The van der Waals surface area contributed by atoms with Crippen LogP contribution in [0.25, 0.3) is 0 Å². The van der Waals surface area contributed by atoms with E-state index in [-0.39, 0.29) is 17.3 Å². The van der Waals surface area contributed by atoms with Gasteiger partial charge in [-0.15, -0.1) is 0 Å². The fourth-order valence-electron chi connectivity index (χ4n) is 2.98.